The minimum Gasteiger partial charge on any atom is -0.371 e. The highest BCUT2D eigenvalue weighted by Gasteiger charge is 2.45. The molecule has 4 nitrogen and oxygen atoms in total. The maximum Gasteiger partial charge on any atom is 0.228 e. The number of hydrogen-bond acceptors (Lipinski definition) is 3. The van der Waals surface area contributed by atoms with Gasteiger partial charge in [-0.2, -0.15) is 0 Å². The van der Waals surface area contributed by atoms with Gasteiger partial charge < -0.3 is 9.64 Å². The zero-order chi connectivity index (χ0) is 15.8. The molecule has 1 amide bonds. The van der Waals surface area contributed by atoms with Gasteiger partial charge in [-0.05, 0) is 31.7 Å². The second-order valence-electron chi connectivity index (χ2n) is 7.35. The van der Waals surface area contributed by atoms with Gasteiger partial charge in [0.05, 0.1) is 18.1 Å². The molecule has 4 heteroatoms. The Labute approximate surface area is 138 Å². The molecule has 0 spiro atoms. The van der Waals surface area contributed by atoms with Crippen molar-refractivity contribution in [3.8, 4) is 0 Å². The minimum atomic E-state index is 0.0839. The molecule has 3 aliphatic heterocycles. The summed E-state index contributed by atoms with van der Waals surface area (Å²) in [4.78, 5) is 17.2. The number of ether oxygens (including phenoxy) is 1. The highest BCUT2D eigenvalue weighted by molar-refractivity contribution is 5.80. The topological polar surface area (TPSA) is 32.8 Å². The third-order valence-electron chi connectivity index (χ3n) is 5.46. The first-order valence-corrected chi connectivity index (χ1v) is 8.91. The average Bonchev–Trinajstić information content (AvgIpc) is 3.15. The van der Waals surface area contributed by atoms with E-state index in [9.17, 15) is 4.79 Å². The molecule has 1 aromatic rings. The fraction of sp³-hybridized carbons (Fsp3) is 0.632. The number of likely N-dealkylation sites (tertiary alicyclic amines) is 2. The Bertz CT molecular complexity index is 582. The van der Waals surface area contributed by atoms with Gasteiger partial charge >= 0.3 is 0 Å². The van der Waals surface area contributed by atoms with Crippen molar-refractivity contribution in [2.24, 2.45) is 5.92 Å². The molecule has 0 saturated carbocycles. The molecule has 3 aliphatic rings. The molecular weight excluding hydrogens is 288 g/mol. The molecule has 0 N–H and O–H groups in total. The van der Waals surface area contributed by atoms with Crippen molar-refractivity contribution >= 4 is 5.91 Å². The van der Waals surface area contributed by atoms with E-state index in [4.69, 9.17) is 4.74 Å². The summed E-state index contributed by atoms with van der Waals surface area (Å²) in [6, 6.07) is 8.71. The van der Waals surface area contributed by atoms with E-state index in [0.29, 0.717) is 5.91 Å². The number of rotatable bonds is 3. The summed E-state index contributed by atoms with van der Waals surface area (Å²) < 4.78 is 6.09. The fourth-order valence-electron chi connectivity index (χ4n) is 4.37. The zero-order valence-electron chi connectivity index (χ0n) is 13.9. The first kappa shape index (κ1) is 15.2. The normalized spacial score (nSPS) is 30.8. The maximum absolute atomic E-state index is 12.7. The monoisotopic (exact) mass is 314 g/mol. The quantitative estimate of drug-likeness (QED) is 0.857. The second-order valence-corrected chi connectivity index (χ2v) is 7.35. The number of fused-ring (bicyclic) bond motifs is 2. The maximum atomic E-state index is 12.7. The molecule has 23 heavy (non-hydrogen) atoms. The smallest absolute Gasteiger partial charge is 0.228 e. The van der Waals surface area contributed by atoms with E-state index in [0.717, 1.165) is 52.0 Å². The third-order valence-corrected chi connectivity index (χ3v) is 5.46. The van der Waals surface area contributed by atoms with Gasteiger partial charge in [-0.1, -0.05) is 29.8 Å². The van der Waals surface area contributed by atoms with E-state index < -0.39 is 0 Å². The molecule has 0 aliphatic carbocycles. The fourth-order valence-corrected chi connectivity index (χ4v) is 4.37. The van der Waals surface area contributed by atoms with Gasteiger partial charge in [-0.3, -0.25) is 9.69 Å². The van der Waals surface area contributed by atoms with Crippen LogP contribution >= 0.6 is 0 Å². The van der Waals surface area contributed by atoms with Crippen LogP contribution in [0.4, 0.5) is 0 Å². The molecule has 2 bridgehead atoms. The Hall–Kier alpha value is -1.39. The largest absolute Gasteiger partial charge is 0.371 e. The van der Waals surface area contributed by atoms with Crippen LogP contribution in [0.25, 0.3) is 0 Å². The van der Waals surface area contributed by atoms with Gasteiger partial charge in [0.25, 0.3) is 0 Å². The van der Waals surface area contributed by atoms with Crippen LogP contribution in [0.2, 0.25) is 0 Å². The van der Waals surface area contributed by atoms with Crippen LogP contribution in [0.1, 0.15) is 30.4 Å². The summed E-state index contributed by atoms with van der Waals surface area (Å²) >= 11 is 0. The summed E-state index contributed by atoms with van der Waals surface area (Å²) in [5.74, 6) is 0.424. The van der Waals surface area contributed by atoms with Crippen molar-refractivity contribution in [2.45, 2.75) is 44.9 Å². The van der Waals surface area contributed by atoms with Gasteiger partial charge in [0.1, 0.15) is 0 Å². The highest BCUT2D eigenvalue weighted by atomic mass is 16.5. The van der Waals surface area contributed by atoms with Crippen molar-refractivity contribution in [2.75, 3.05) is 26.2 Å². The molecule has 124 valence electrons. The summed E-state index contributed by atoms with van der Waals surface area (Å²) in [6.07, 6.45) is 3.55. The van der Waals surface area contributed by atoms with Gasteiger partial charge in [0.15, 0.2) is 0 Å². The van der Waals surface area contributed by atoms with E-state index in [1.54, 1.807) is 0 Å². The van der Waals surface area contributed by atoms with E-state index in [2.05, 4.69) is 41.0 Å². The molecule has 3 fully saturated rings. The Morgan fingerprint density at radius 2 is 2.09 bits per heavy atom. The van der Waals surface area contributed by atoms with Crippen LogP contribution < -0.4 is 0 Å². The molecule has 0 unspecified atom stereocenters. The molecule has 0 aromatic heterocycles. The van der Waals surface area contributed by atoms with E-state index in [1.165, 1.54) is 11.1 Å². The number of hydrogen-bond donors (Lipinski definition) is 0. The van der Waals surface area contributed by atoms with Crippen LogP contribution in [0.5, 0.6) is 0 Å². The number of benzene rings is 1. The summed E-state index contributed by atoms with van der Waals surface area (Å²) in [5.41, 5.74) is 2.66. The molecular formula is C19H26N2O2. The summed E-state index contributed by atoms with van der Waals surface area (Å²) in [6.45, 7) is 6.82. The van der Waals surface area contributed by atoms with E-state index in [1.807, 2.05) is 0 Å². The SMILES string of the molecule is Cc1cccc(CN2C[C@H]3C[C@@H](C(=O)N4CCCC4)[C@@H](C2)O3)c1. The molecule has 3 atom stereocenters. The molecule has 1 aromatic carbocycles. The molecule has 4 rings (SSSR count). The molecule has 3 heterocycles. The summed E-state index contributed by atoms with van der Waals surface area (Å²) in [5, 5.41) is 0. The molecule has 0 radical (unpaired) electrons. The minimum absolute atomic E-state index is 0.0839. The summed E-state index contributed by atoms with van der Waals surface area (Å²) in [7, 11) is 0. The van der Waals surface area contributed by atoms with Crippen molar-refractivity contribution in [3.05, 3.63) is 35.4 Å². The Balaban J connectivity index is 1.41. The van der Waals surface area contributed by atoms with Crippen LogP contribution in [0, 0.1) is 12.8 Å². The standard InChI is InChI=1S/C19H26N2O2/c1-14-5-4-6-15(9-14)11-20-12-16-10-17(18(13-20)23-16)19(22)21-7-2-3-8-21/h4-6,9,16-18H,2-3,7-8,10-13H2,1H3/t16-,17-,18-/m1/s1. The van der Waals surface area contributed by atoms with E-state index in [-0.39, 0.29) is 18.1 Å². The first-order chi connectivity index (χ1) is 11.2. The van der Waals surface area contributed by atoms with Crippen LogP contribution in [-0.4, -0.2) is 54.1 Å². The predicted molar refractivity (Wildman–Crippen MR) is 89.0 cm³/mol. The van der Waals surface area contributed by atoms with E-state index >= 15 is 0 Å². The van der Waals surface area contributed by atoms with Crippen molar-refractivity contribution < 1.29 is 9.53 Å². The van der Waals surface area contributed by atoms with Gasteiger partial charge in [0, 0.05) is 32.7 Å². The number of nitrogens with zero attached hydrogens (tertiary/aromatic N) is 2. The lowest BCUT2D eigenvalue weighted by atomic mass is 9.99. The van der Waals surface area contributed by atoms with Crippen molar-refractivity contribution in [3.63, 3.8) is 0 Å². The van der Waals surface area contributed by atoms with Crippen molar-refractivity contribution in [1.82, 2.24) is 9.80 Å². The number of carbonyl (C=O) groups excluding carboxylic acids is 1. The van der Waals surface area contributed by atoms with Crippen LogP contribution in [0.15, 0.2) is 24.3 Å². The molecule has 3 saturated heterocycles. The van der Waals surface area contributed by atoms with Gasteiger partial charge in [-0.25, -0.2) is 0 Å². The second kappa shape index (κ2) is 6.25. The number of aryl methyl sites for hydroxylation is 1. The Kier molecular flexibility index (Phi) is 4.12. The zero-order valence-corrected chi connectivity index (χ0v) is 13.9. The number of morpholine rings is 1. The van der Waals surface area contributed by atoms with Crippen LogP contribution in [-0.2, 0) is 16.1 Å². The van der Waals surface area contributed by atoms with Crippen LogP contribution in [0.3, 0.4) is 0 Å². The lowest BCUT2D eigenvalue weighted by Crippen LogP contribution is -2.45. The Morgan fingerprint density at radius 3 is 2.87 bits per heavy atom. The van der Waals surface area contributed by atoms with Gasteiger partial charge in [0.2, 0.25) is 5.91 Å². The highest BCUT2D eigenvalue weighted by Crippen LogP contribution is 2.34. The number of amides is 1. The Morgan fingerprint density at radius 1 is 1.26 bits per heavy atom. The lowest BCUT2D eigenvalue weighted by Gasteiger charge is -2.33. The average molecular weight is 314 g/mol. The first-order valence-electron chi connectivity index (χ1n) is 8.91. The predicted octanol–water partition coefficient (Wildman–Crippen LogP) is 2.21. The van der Waals surface area contributed by atoms with Gasteiger partial charge in [-0.15, -0.1) is 0 Å². The number of carbonyl (C=O) groups is 1. The lowest BCUT2D eigenvalue weighted by molar-refractivity contribution is -0.137. The van der Waals surface area contributed by atoms with Crippen molar-refractivity contribution in [1.29, 1.82) is 0 Å². The third kappa shape index (κ3) is 3.15.